The smallest absolute Gasteiger partial charge is 0.136 e. The zero-order chi connectivity index (χ0) is 18.4. The molecule has 1 heterocycles. The molecule has 4 nitrogen and oxygen atoms in total. The number of ether oxygens (including phenoxy) is 2. The lowest BCUT2D eigenvalue weighted by atomic mass is 9.98. The van der Waals surface area contributed by atoms with Gasteiger partial charge in [-0.1, -0.05) is 23.8 Å². The molecule has 1 aliphatic rings. The normalized spacial score (nSPS) is 12.8. The Bertz CT molecular complexity index is 790. The van der Waals surface area contributed by atoms with E-state index in [1.165, 1.54) is 11.6 Å². The van der Waals surface area contributed by atoms with Crippen LogP contribution in [0.25, 0.3) is 0 Å². The summed E-state index contributed by atoms with van der Waals surface area (Å²) in [7, 11) is 1.89. The molecule has 0 atom stereocenters. The predicted octanol–water partition coefficient (Wildman–Crippen LogP) is 3.49. The summed E-state index contributed by atoms with van der Waals surface area (Å²) in [5, 5.41) is 3.02. The van der Waals surface area contributed by atoms with Gasteiger partial charge >= 0.3 is 0 Å². The Kier molecular flexibility index (Phi) is 6.36. The number of aryl methyl sites for hydroxylation is 1. The van der Waals surface area contributed by atoms with Crippen LogP contribution in [0.4, 0.5) is 4.39 Å². The highest BCUT2D eigenvalue weighted by Gasteiger charge is 2.20. The van der Waals surface area contributed by atoms with Crippen molar-refractivity contribution >= 4 is 5.71 Å². The van der Waals surface area contributed by atoms with Crippen LogP contribution < -0.4 is 10.1 Å². The highest BCUT2D eigenvalue weighted by Crippen LogP contribution is 2.27. The fourth-order valence-electron chi connectivity index (χ4n) is 2.97. The summed E-state index contributed by atoms with van der Waals surface area (Å²) < 4.78 is 25.6. The van der Waals surface area contributed by atoms with Crippen LogP contribution in [-0.2, 0) is 11.3 Å². The van der Waals surface area contributed by atoms with Crippen molar-refractivity contribution in [1.82, 2.24) is 5.32 Å². The third-order valence-corrected chi connectivity index (χ3v) is 4.32. The van der Waals surface area contributed by atoms with Crippen LogP contribution in [0.15, 0.2) is 41.4 Å². The Hall–Kier alpha value is -2.24. The minimum atomic E-state index is -0.306. The Morgan fingerprint density at radius 2 is 1.92 bits per heavy atom. The first-order valence-corrected chi connectivity index (χ1v) is 8.98. The summed E-state index contributed by atoms with van der Waals surface area (Å²) in [6.07, 6.45) is 0.770. The molecule has 1 N–H and O–H groups in total. The minimum absolute atomic E-state index is 0.306. The van der Waals surface area contributed by atoms with E-state index in [0.717, 1.165) is 29.8 Å². The Morgan fingerprint density at radius 1 is 1.08 bits per heavy atom. The van der Waals surface area contributed by atoms with Crippen LogP contribution in [0.3, 0.4) is 0 Å². The van der Waals surface area contributed by atoms with Crippen molar-refractivity contribution < 1.29 is 13.9 Å². The fraction of sp³-hybridized carbons (Fsp3) is 0.381. The maximum Gasteiger partial charge on any atom is 0.136 e. The molecule has 0 unspecified atom stereocenters. The number of halogens is 1. The first kappa shape index (κ1) is 18.5. The number of fused-ring (bicyclic) bond motifs is 1. The van der Waals surface area contributed by atoms with E-state index in [0.29, 0.717) is 37.7 Å². The van der Waals surface area contributed by atoms with Gasteiger partial charge in [-0.2, -0.15) is 0 Å². The zero-order valence-electron chi connectivity index (χ0n) is 15.3. The molecule has 0 radical (unpaired) electrons. The van der Waals surface area contributed by atoms with E-state index in [4.69, 9.17) is 9.47 Å². The number of aliphatic imine (C=N–C) groups is 1. The molecule has 0 amide bonds. The van der Waals surface area contributed by atoms with Gasteiger partial charge in [0.2, 0.25) is 0 Å². The molecule has 0 aliphatic carbocycles. The zero-order valence-corrected chi connectivity index (χ0v) is 15.3. The Balaban J connectivity index is 1.57. The number of hydrogen-bond acceptors (Lipinski definition) is 4. The van der Waals surface area contributed by atoms with E-state index in [9.17, 15) is 4.39 Å². The summed E-state index contributed by atoms with van der Waals surface area (Å²) in [5.74, 6) is 0.226. The topological polar surface area (TPSA) is 42.8 Å². The summed E-state index contributed by atoms with van der Waals surface area (Å²) in [6, 6.07) is 11.2. The monoisotopic (exact) mass is 356 g/mol. The second-order valence-corrected chi connectivity index (χ2v) is 6.39. The minimum Gasteiger partial charge on any atom is -0.493 e. The quantitative estimate of drug-likeness (QED) is 0.700. The molecule has 5 heteroatoms. The lowest BCUT2D eigenvalue weighted by molar-refractivity contribution is 0.122. The highest BCUT2D eigenvalue weighted by atomic mass is 19.1. The molecule has 1 aliphatic heterocycles. The van der Waals surface area contributed by atoms with Crippen LogP contribution in [-0.4, -0.2) is 39.1 Å². The third kappa shape index (κ3) is 4.48. The van der Waals surface area contributed by atoms with Crippen LogP contribution in [0.2, 0.25) is 0 Å². The summed E-state index contributed by atoms with van der Waals surface area (Å²) in [4.78, 5) is 4.53. The van der Waals surface area contributed by atoms with Gasteiger partial charge in [0.25, 0.3) is 0 Å². The van der Waals surface area contributed by atoms with Gasteiger partial charge in [-0.15, -0.1) is 0 Å². The largest absolute Gasteiger partial charge is 0.493 e. The summed E-state index contributed by atoms with van der Waals surface area (Å²) in [6.45, 7) is 5.31. The average Bonchev–Trinajstić information content (AvgIpc) is 3.04. The van der Waals surface area contributed by atoms with E-state index in [-0.39, 0.29) is 5.82 Å². The second kappa shape index (κ2) is 8.92. The van der Waals surface area contributed by atoms with E-state index in [2.05, 4.69) is 23.3 Å². The van der Waals surface area contributed by atoms with Gasteiger partial charge in [-0.3, -0.25) is 4.99 Å². The van der Waals surface area contributed by atoms with Gasteiger partial charge < -0.3 is 14.8 Å². The summed E-state index contributed by atoms with van der Waals surface area (Å²) in [5.41, 5.74) is 4.61. The number of rotatable bonds is 9. The van der Waals surface area contributed by atoms with Gasteiger partial charge in [0.05, 0.1) is 25.5 Å². The maximum atomic E-state index is 14.6. The molecule has 0 fully saturated rings. The first-order chi connectivity index (χ1) is 12.7. The molecule has 0 bridgehead atoms. The van der Waals surface area contributed by atoms with Crippen molar-refractivity contribution in [2.45, 2.75) is 19.9 Å². The Labute approximate surface area is 154 Å². The van der Waals surface area contributed by atoms with Crippen molar-refractivity contribution in [2.75, 3.05) is 33.4 Å². The van der Waals surface area contributed by atoms with Crippen molar-refractivity contribution in [3.05, 3.63) is 64.5 Å². The first-order valence-electron chi connectivity index (χ1n) is 8.98. The van der Waals surface area contributed by atoms with Crippen LogP contribution >= 0.6 is 0 Å². The summed E-state index contributed by atoms with van der Waals surface area (Å²) >= 11 is 0. The molecule has 0 spiro atoms. The lowest BCUT2D eigenvalue weighted by Gasteiger charge is -2.10. The van der Waals surface area contributed by atoms with Gasteiger partial charge in [-0.05, 0) is 31.7 Å². The number of benzene rings is 2. The van der Waals surface area contributed by atoms with E-state index >= 15 is 0 Å². The average molecular weight is 356 g/mol. The maximum absolute atomic E-state index is 14.6. The van der Waals surface area contributed by atoms with Gasteiger partial charge in [0.15, 0.2) is 0 Å². The SMILES string of the molecule is CNCCOCCCOc1ccc(C2=NCc3cc(C)ccc32)c(F)c1. The molecule has 0 saturated carbocycles. The molecule has 0 saturated heterocycles. The Morgan fingerprint density at radius 3 is 2.73 bits per heavy atom. The number of nitrogens with zero attached hydrogens (tertiary/aromatic N) is 1. The van der Waals surface area contributed by atoms with Crippen molar-refractivity contribution in [2.24, 2.45) is 4.99 Å². The number of likely N-dealkylation sites (N-methyl/N-ethyl adjacent to an activating group) is 1. The second-order valence-electron chi connectivity index (χ2n) is 6.39. The molecule has 2 aromatic rings. The van der Waals surface area contributed by atoms with Crippen molar-refractivity contribution in [1.29, 1.82) is 0 Å². The van der Waals surface area contributed by atoms with E-state index in [1.807, 2.05) is 19.2 Å². The number of nitrogens with one attached hydrogen (secondary N) is 1. The number of hydrogen-bond donors (Lipinski definition) is 1. The molecule has 0 aromatic heterocycles. The standard InChI is InChI=1S/C21H25FN2O2/c1-15-4-6-18-16(12-15)14-24-21(18)19-7-5-17(13-20(19)22)26-10-3-9-25-11-8-23-2/h4-7,12-13,23H,3,8-11,14H2,1-2H3. The van der Waals surface area contributed by atoms with E-state index < -0.39 is 0 Å². The third-order valence-electron chi connectivity index (χ3n) is 4.32. The highest BCUT2D eigenvalue weighted by molar-refractivity contribution is 6.15. The van der Waals surface area contributed by atoms with Gasteiger partial charge in [-0.25, -0.2) is 4.39 Å². The molecule has 26 heavy (non-hydrogen) atoms. The molecule has 3 rings (SSSR count). The van der Waals surface area contributed by atoms with Crippen LogP contribution in [0.1, 0.15) is 28.7 Å². The molecule has 138 valence electrons. The van der Waals surface area contributed by atoms with Crippen molar-refractivity contribution in [3.8, 4) is 5.75 Å². The van der Waals surface area contributed by atoms with Crippen molar-refractivity contribution in [3.63, 3.8) is 0 Å². The van der Waals surface area contributed by atoms with E-state index in [1.54, 1.807) is 12.1 Å². The molecular weight excluding hydrogens is 331 g/mol. The van der Waals surface area contributed by atoms with Gasteiger partial charge in [0.1, 0.15) is 11.6 Å². The van der Waals surface area contributed by atoms with Gasteiger partial charge in [0, 0.05) is 36.8 Å². The van der Waals surface area contributed by atoms with Crippen LogP contribution in [0.5, 0.6) is 5.75 Å². The fourth-order valence-corrected chi connectivity index (χ4v) is 2.97. The molecule has 2 aromatic carbocycles. The molecular formula is C21H25FN2O2. The van der Waals surface area contributed by atoms with Crippen LogP contribution in [0, 0.1) is 12.7 Å². The lowest BCUT2D eigenvalue weighted by Crippen LogP contribution is -2.15. The predicted molar refractivity (Wildman–Crippen MR) is 102 cm³/mol.